The Morgan fingerprint density at radius 1 is 1.21 bits per heavy atom. The Hall–Kier alpha value is -3.04. The van der Waals surface area contributed by atoms with Crippen LogP contribution >= 0.6 is 23.2 Å². The number of halogens is 2. The molecule has 1 heterocycles. The van der Waals surface area contributed by atoms with Gasteiger partial charge in [-0.15, -0.1) is 5.10 Å². The zero-order valence-electron chi connectivity index (χ0n) is 18.0. The number of phenolic OH excluding ortho intramolecular Hbond substituents is 1. The molecule has 3 aromatic rings. The first kappa shape index (κ1) is 23.1. The molecule has 1 aliphatic carbocycles. The number of amides is 1. The summed E-state index contributed by atoms with van der Waals surface area (Å²) in [5.74, 6) is 0.919. The number of aromatic hydroxyl groups is 1. The highest BCUT2D eigenvalue weighted by Gasteiger charge is 2.22. The molecule has 0 bridgehead atoms. The molecule has 9 nitrogen and oxygen atoms in total. The number of nitrogens with one attached hydrogen (secondary N) is 2. The lowest BCUT2D eigenvalue weighted by Gasteiger charge is -2.27. The number of tetrazole rings is 1. The third-order valence-electron chi connectivity index (χ3n) is 5.62. The fourth-order valence-electron chi connectivity index (χ4n) is 3.99. The van der Waals surface area contributed by atoms with E-state index in [-0.39, 0.29) is 39.0 Å². The fourth-order valence-corrected chi connectivity index (χ4v) is 4.55. The van der Waals surface area contributed by atoms with Crippen molar-refractivity contribution >= 4 is 40.7 Å². The molecule has 0 unspecified atom stereocenters. The first-order chi connectivity index (χ1) is 15.9. The number of anilines is 2. The van der Waals surface area contributed by atoms with Gasteiger partial charge in [0.15, 0.2) is 5.75 Å². The molecule has 174 valence electrons. The van der Waals surface area contributed by atoms with Gasteiger partial charge in [0, 0.05) is 19.3 Å². The normalized spacial score (nSPS) is 14.2. The number of rotatable bonds is 7. The Morgan fingerprint density at radius 2 is 1.94 bits per heavy atom. The Labute approximate surface area is 201 Å². The van der Waals surface area contributed by atoms with Crippen molar-refractivity contribution in [3.8, 4) is 17.2 Å². The minimum Gasteiger partial charge on any atom is -0.507 e. The van der Waals surface area contributed by atoms with E-state index in [2.05, 4.69) is 25.9 Å². The van der Waals surface area contributed by atoms with Crippen LogP contribution in [0.2, 0.25) is 10.0 Å². The summed E-state index contributed by atoms with van der Waals surface area (Å²) in [4.78, 5) is 14.7. The predicted octanol–water partition coefficient (Wildman–Crippen LogP) is 5.40. The van der Waals surface area contributed by atoms with Gasteiger partial charge in [-0.2, -0.15) is 5.21 Å². The predicted molar refractivity (Wildman–Crippen MR) is 126 cm³/mol. The van der Waals surface area contributed by atoms with Gasteiger partial charge < -0.3 is 20.1 Å². The molecule has 1 fully saturated rings. The Bertz CT molecular complexity index is 1100. The summed E-state index contributed by atoms with van der Waals surface area (Å²) in [6.45, 7) is 0.663. The smallest absolute Gasteiger partial charge is 0.267 e. The van der Waals surface area contributed by atoms with E-state index in [1.165, 1.54) is 31.4 Å². The topological polar surface area (TPSA) is 116 Å². The van der Waals surface area contributed by atoms with Crippen molar-refractivity contribution in [2.45, 2.75) is 32.1 Å². The van der Waals surface area contributed by atoms with E-state index in [0.29, 0.717) is 23.9 Å². The number of aromatic nitrogens is 4. The number of carbonyl (C=O) groups is 1. The average molecular weight is 491 g/mol. The maximum atomic E-state index is 13.0. The maximum absolute atomic E-state index is 13.0. The molecule has 2 aromatic carbocycles. The van der Waals surface area contributed by atoms with Crippen LogP contribution in [0.25, 0.3) is 0 Å². The largest absolute Gasteiger partial charge is 0.507 e. The first-order valence-electron chi connectivity index (χ1n) is 10.7. The molecular formula is C22H24Cl2N6O3. The number of carbonyl (C=O) groups excluding carboxylic acids is 1. The van der Waals surface area contributed by atoms with E-state index in [1.807, 2.05) is 0 Å². The van der Waals surface area contributed by atoms with Crippen LogP contribution in [-0.4, -0.2) is 50.1 Å². The molecule has 1 aliphatic rings. The van der Waals surface area contributed by atoms with Crippen LogP contribution in [0.3, 0.4) is 0 Å². The molecule has 1 saturated carbocycles. The monoisotopic (exact) mass is 490 g/mol. The van der Waals surface area contributed by atoms with Crippen LogP contribution in [-0.2, 0) is 0 Å². The minimum absolute atomic E-state index is 0.111. The summed E-state index contributed by atoms with van der Waals surface area (Å²) in [7, 11) is 1.76. The van der Waals surface area contributed by atoms with Crippen molar-refractivity contribution in [3.63, 3.8) is 0 Å². The number of H-pyrrole nitrogens is 1. The van der Waals surface area contributed by atoms with Crippen LogP contribution in [0, 0.1) is 5.92 Å². The zero-order chi connectivity index (χ0) is 23.4. The zero-order valence-corrected chi connectivity index (χ0v) is 19.5. The van der Waals surface area contributed by atoms with Crippen LogP contribution in [0.4, 0.5) is 11.6 Å². The molecule has 33 heavy (non-hydrogen) atoms. The fraction of sp³-hybridized carbons (Fsp3) is 0.364. The van der Waals surface area contributed by atoms with Gasteiger partial charge in [-0.05, 0) is 54.3 Å². The third-order valence-corrected chi connectivity index (χ3v) is 6.18. The quantitative estimate of drug-likeness (QED) is 0.405. The van der Waals surface area contributed by atoms with Gasteiger partial charge in [0.1, 0.15) is 11.5 Å². The van der Waals surface area contributed by atoms with Crippen molar-refractivity contribution in [1.82, 2.24) is 25.5 Å². The molecule has 11 heteroatoms. The number of phenols is 1. The second-order valence-electron chi connectivity index (χ2n) is 8.10. The summed E-state index contributed by atoms with van der Waals surface area (Å²) in [6, 6.07) is 7.66. The molecular weight excluding hydrogens is 467 g/mol. The van der Waals surface area contributed by atoms with Crippen molar-refractivity contribution in [1.29, 1.82) is 0 Å². The van der Waals surface area contributed by atoms with Gasteiger partial charge in [0.25, 0.3) is 11.9 Å². The van der Waals surface area contributed by atoms with Gasteiger partial charge in [-0.3, -0.25) is 4.79 Å². The Morgan fingerprint density at radius 3 is 2.61 bits per heavy atom. The summed E-state index contributed by atoms with van der Waals surface area (Å²) >= 11 is 12.8. The highest BCUT2D eigenvalue weighted by atomic mass is 35.5. The molecule has 1 aromatic heterocycles. The van der Waals surface area contributed by atoms with Crippen LogP contribution < -0.4 is 10.1 Å². The van der Waals surface area contributed by atoms with E-state index in [9.17, 15) is 9.90 Å². The van der Waals surface area contributed by atoms with E-state index in [1.54, 1.807) is 30.1 Å². The number of hydrogen-bond acceptors (Lipinski definition) is 7. The van der Waals surface area contributed by atoms with Gasteiger partial charge in [0.05, 0.1) is 15.6 Å². The molecule has 4 rings (SSSR count). The number of nitrogens with zero attached hydrogens (tertiary/aromatic N) is 4. The van der Waals surface area contributed by atoms with E-state index in [4.69, 9.17) is 27.9 Å². The van der Waals surface area contributed by atoms with Crippen LogP contribution in [0.1, 0.15) is 42.5 Å². The van der Waals surface area contributed by atoms with Crippen molar-refractivity contribution in [2.75, 3.05) is 18.9 Å². The SMILES string of the molecule is CN(CC1CCCCC1)C(=O)c1cc(Oc2c(Cl)cc(Nc3nn[nH]n3)cc2Cl)ccc1O. The minimum atomic E-state index is -0.264. The average Bonchev–Trinajstić information content (AvgIpc) is 3.30. The summed E-state index contributed by atoms with van der Waals surface area (Å²) in [6.07, 6.45) is 5.91. The van der Waals surface area contributed by atoms with E-state index in [0.717, 1.165) is 12.8 Å². The van der Waals surface area contributed by atoms with Crippen LogP contribution in [0.15, 0.2) is 30.3 Å². The Kier molecular flexibility index (Phi) is 7.20. The molecule has 0 saturated heterocycles. The first-order valence-corrected chi connectivity index (χ1v) is 11.4. The molecule has 0 spiro atoms. The highest BCUT2D eigenvalue weighted by Crippen LogP contribution is 2.40. The van der Waals surface area contributed by atoms with Crippen LogP contribution in [0.5, 0.6) is 17.2 Å². The second kappa shape index (κ2) is 10.3. The number of aromatic amines is 1. The maximum Gasteiger partial charge on any atom is 0.267 e. The van der Waals surface area contributed by atoms with E-state index < -0.39 is 0 Å². The lowest BCUT2D eigenvalue weighted by Crippen LogP contribution is -2.32. The molecule has 1 amide bonds. The molecule has 0 aliphatic heterocycles. The lowest BCUT2D eigenvalue weighted by atomic mass is 9.89. The second-order valence-corrected chi connectivity index (χ2v) is 8.91. The van der Waals surface area contributed by atoms with Crippen molar-refractivity contribution < 1.29 is 14.6 Å². The van der Waals surface area contributed by atoms with Crippen molar-refractivity contribution in [2.24, 2.45) is 5.92 Å². The number of hydrogen-bond donors (Lipinski definition) is 3. The summed E-state index contributed by atoms with van der Waals surface area (Å²) < 4.78 is 5.88. The summed E-state index contributed by atoms with van der Waals surface area (Å²) in [5.41, 5.74) is 0.707. The van der Waals surface area contributed by atoms with Gasteiger partial charge in [-0.25, -0.2) is 0 Å². The Balaban J connectivity index is 1.49. The standard InChI is InChI=1S/C22H24Cl2N6O3/c1-30(12-13-5-3-2-4-6-13)21(32)16-11-15(7-8-19(16)31)33-20-17(23)9-14(10-18(20)24)25-22-26-28-29-27-22/h7-11,13,31H,2-6,12H2,1H3,(H2,25,26,27,28,29). The highest BCUT2D eigenvalue weighted by molar-refractivity contribution is 6.37. The molecule has 0 radical (unpaired) electrons. The van der Waals surface area contributed by atoms with Gasteiger partial charge in [0.2, 0.25) is 0 Å². The molecule has 3 N–H and O–H groups in total. The van der Waals surface area contributed by atoms with E-state index >= 15 is 0 Å². The van der Waals surface area contributed by atoms with Crippen molar-refractivity contribution in [3.05, 3.63) is 45.9 Å². The number of ether oxygens (including phenoxy) is 1. The lowest BCUT2D eigenvalue weighted by molar-refractivity contribution is 0.0757. The third kappa shape index (κ3) is 5.66. The number of benzene rings is 2. The molecule has 0 atom stereocenters. The van der Waals surface area contributed by atoms with Gasteiger partial charge in [-0.1, -0.05) is 47.6 Å². The summed E-state index contributed by atoms with van der Waals surface area (Å²) in [5, 5.41) is 27.1. The van der Waals surface area contributed by atoms with Gasteiger partial charge >= 0.3 is 0 Å².